The average molecular weight is 715 g/mol. The second-order valence-electron chi connectivity index (χ2n) is 14.2. The zero-order valence-electron chi connectivity index (χ0n) is 30.8. The van der Waals surface area contributed by atoms with Gasteiger partial charge in [-0.2, -0.15) is 0 Å². The summed E-state index contributed by atoms with van der Waals surface area (Å²) in [6, 6.07) is 83.0. The third-order valence-corrected chi connectivity index (χ3v) is 10.8. The van der Waals surface area contributed by atoms with Gasteiger partial charge in [0.1, 0.15) is 0 Å². The van der Waals surface area contributed by atoms with Gasteiger partial charge in [-0.05, 0) is 105 Å². The van der Waals surface area contributed by atoms with E-state index in [-0.39, 0.29) is 0 Å². The molecule has 0 radical (unpaired) electrons. The Bertz CT molecular complexity index is 2770. The molecule has 0 fully saturated rings. The van der Waals surface area contributed by atoms with Crippen LogP contribution in [0.25, 0.3) is 72.0 Å². The lowest BCUT2D eigenvalue weighted by atomic mass is 9.93. The molecule has 9 aromatic carbocycles. The minimum atomic E-state index is 1.09. The predicted octanol–water partition coefficient (Wildman–Crippen LogP) is 14.9. The SMILES string of the molecule is c1ccc(-c2ccc(N(c3ccc(-c4ccccc4)cc3)c3ccc(-c4ccc(-n5c6ccccc6c6ccccc65)cc4)c(-c4ccccc4)c3)cc2)cc1. The number of hydrogen-bond donors (Lipinski definition) is 0. The molecular weight excluding hydrogens is 677 g/mol. The van der Waals surface area contributed by atoms with E-state index in [0.29, 0.717) is 0 Å². The van der Waals surface area contributed by atoms with Crippen molar-refractivity contribution in [2.24, 2.45) is 0 Å². The molecular formula is C54H38N2. The summed E-state index contributed by atoms with van der Waals surface area (Å²) in [7, 11) is 0. The fraction of sp³-hybridized carbons (Fsp3) is 0. The normalized spacial score (nSPS) is 11.2. The zero-order valence-corrected chi connectivity index (χ0v) is 30.8. The Kier molecular flexibility index (Phi) is 8.55. The standard InChI is InChI=1S/C54H38N2/c1-4-14-39(15-5-1)41-24-30-45(31-25-41)55(46-32-26-42(27-33-46)40-16-6-2-7-17-40)48-36-37-49(52(38-48)43-18-8-3-9-19-43)44-28-34-47(35-29-44)56-53-22-12-10-20-50(53)51-21-11-13-23-54(51)56/h1-38H. The van der Waals surface area contributed by atoms with Crippen LogP contribution in [0.3, 0.4) is 0 Å². The monoisotopic (exact) mass is 714 g/mol. The molecule has 0 N–H and O–H groups in total. The van der Waals surface area contributed by atoms with Crippen LogP contribution in [0.4, 0.5) is 17.1 Å². The van der Waals surface area contributed by atoms with Gasteiger partial charge in [0.15, 0.2) is 0 Å². The first kappa shape index (κ1) is 33.2. The van der Waals surface area contributed by atoms with Gasteiger partial charge in [0.05, 0.1) is 11.0 Å². The van der Waals surface area contributed by atoms with Crippen molar-refractivity contribution in [1.29, 1.82) is 0 Å². The minimum Gasteiger partial charge on any atom is -0.310 e. The highest BCUT2D eigenvalue weighted by molar-refractivity contribution is 6.09. The van der Waals surface area contributed by atoms with Crippen LogP contribution in [-0.2, 0) is 0 Å². The van der Waals surface area contributed by atoms with Gasteiger partial charge in [-0.25, -0.2) is 0 Å². The maximum absolute atomic E-state index is 2.37. The fourth-order valence-electron chi connectivity index (χ4n) is 8.08. The first-order valence-corrected chi connectivity index (χ1v) is 19.2. The first-order chi connectivity index (χ1) is 27.8. The van der Waals surface area contributed by atoms with Gasteiger partial charge < -0.3 is 9.47 Å². The van der Waals surface area contributed by atoms with E-state index in [9.17, 15) is 0 Å². The van der Waals surface area contributed by atoms with Gasteiger partial charge in [-0.15, -0.1) is 0 Å². The molecule has 0 spiro atoms. The van der Waals surface area contributed by atoms with Gasteiger partial charge in [-0.1, -0.05) is 170 Å². The van der Waals surface area contributed by atoms with E-state index in [1.165, 1.54) is 66.3 Å². The summed E-state index contributed by atoms with van der Waals surface area (Å²) in [6.45, 7) is 0. The fourth-order valence-corrected chi connectivity index (χ4v) is 8.08. The molecule has 2 heteroatoms. The minimum absolute atomic E-state index is 1.09. The molecule has 0 amide bonds. The summed E-state index contributed by atoms with van der Waals surface area (Å²) >= 11 is 0. The van der Waals surface area contributed by atoms with Crippen molar-refractivity contribution >= 4 is 38.9 Å². The van der Waals surface area contributed by atoms with Crippen molar-refractivity contribution in [2.45, 2.75) is 0 Å². The van der Waals surface area contributed by atoms with E-state index in [0.717, 1.165) is 22.7 Å². The Labute approximate surface area is 327 Å². The maximum Gasteiger partial charge on any atom is 0.0541 e. The van der Waals surface area contributed by atoms with E-state index in [1.54, 1.807) is 0 Å². The van der Waals surface area contributed by atoms with Crippen LogP contribution < -0.4 is 4.90 Å². The van der Waals surface area contributed by atoms with Gasteiger partial charge >= 0.3 is 0 Å². The Morgan fingerprint density at radius 2 is 0.643 bits per heavy atom. The second-order valence-corrected chi connectivity index (χ2v) is 14.2. The third kappa shape index (κ3) is 6.14. The molecule has 0 aliphatic carbocycles. The summed E-state index contributed by atoms with van der Waals surface area (Å²) in [5.41, 5.74) is 16.4. The van der Waals surface area contributed by atoms with Crippen molar-refractivity contribution < 1.29 is 0 Å². The molecule has 2 nitrogen and oxygen atoms in total. The van der Waals surface area contributed by atoms with Crippen molar-refractivity contribution in [3.05, 3.63) is 231 Å². The quantitative estimate of drug-likeness (QED) is 0.152. The van der Waals surface area contributed by atoms with Crippen LogP contribution in [0.15, 0.2) is 231 Å². The summed E-state index contributed by atoms with van der Waals surface area (Å²) in [6.07, 6.45) is 0. The van der Waals surface area contributed by atoms with Gasteiger partial charge in [-0.3, -0.25) is 0 Å². The highest BCUT2D eigenvalue weighted by atomic mass is 15.1. The molecule has 0 saturated heterocycles. The van der Waals surface area contributed by atoms with E-state index in [2.05, 4.69) is 240 Å². The van der Waals surface area contributed by atoms with E-state index >= 15 is 0 Å². The Balaban J connectivity index is 1.08. The van der Waals surface area contributed by atoms with Crippen LogP contribution in [-0.4, -0.2) is 4.57 Å². The smallest absolute Gasteiger partial charge is 0.0541 e. The Hall–Kier alpha value is -7.42. The van der Waals surface area contributed by atoms with Crippen LogP contribution in [0.1, 0.15) is 0 Å². The van der Waals surface area contributed by atoms with E-state index in [1.807, 2.05) is 0 Å². The lowest BCUT2D eigenvalue weighted by molar-refractivity contribution is 1.18. The summed E-state index contributed by atoms with van der Waals surface area (Å²) in [4.78, 5) is 2.37. The van der Waals surface area contributed by atoms with Crippen molar-refractivity contribution in [2.75, 3.05) is 4.90 Å². The number of rotatable bonds is 8. The molecule has 0 aliphatic rings. The average Bonchev–Trinajstić information content (AvgIpc) is 3.62. The molecule has 0 aliphatic heterocycles. The number of nitrogens with zero attached hydrogens (tertiary/aromatic N) is 2. The summed E-state index contributed by atoms with van der Waals surface area (Å²) < 4.78 is 2.37. The second kappa shape index (κ2) is 14.4. The van der Waals surface area contributed by atoms with Crippen LogP contribution >= 0.6 is 0 Å². The number of para-hydroxylation sites is 2. The third-order valence-electron chi connectivity index (χ3n) is 10.8. The van der Waals surface area contributed by atoms with E-state index in [4.69, 9.17) is 0 Å². The number of aromatic nitrogens is 1. The number of hydrogen-bond acceptors (Lipinski definition) is 1. The molecule has 0 saturated carbocycles. The summed E-state index contributed by atoms with van der Waals surface area (Å²) in [5, 5.41) is 2.53. The summed E-state index contributed by atoms with van der Waals surface area (Å²) in [5.74, 6) is 0. The zero-order chi connectivity index (χ0) is 37.3. The lowest BCUT2D eigenvalue weighted by Crippen LogP contribution is -2.10. The Morgan fingerprint density at radius 1 is 0.268 bits per heavy atom. The van der Waals surface area contributed by atoms with Gasteiger partial charge in [0, 0.05) is 33.5 Å². The largest absolute Gasteiger partial charge is 0.310 e. The lowest BCUT2D eigenvalue weighted by Gasteiger charge is -2.27. The van der Waals surface area contributed by atoms with Gasteiger partial charge in [0.2, 0.25) is 0 Å². The van der Waals surface area contributed by atoms with E-state index < -0.39 is 0 Å². The highest BCUT2D eigenvalue weighted by Crippen LogP contribution is 2.42. The van der Waals surface area contributed by atoms with Gasteiger partial charge in [0.25, 0.3) is 0 Å². The number of benzene rings is 9. The van der Waals surface area contributed by atoms with Crippen molar-refractivity contribution in [3.63, 3.8) is 0 Å². The molecule has 1 aromatic heterocycles. The highest BCUT2D eigenvalue weighted by Gasteiger charge is 2.18. The molecule has 10 rings (SSSR count). The molecule has 0 atom stereocenters. The molecule has 10 aromatic rings. The predicted molar refractivity (Wildman–Crippen MR) is 237 cm³/mol. The van der Waals surface area contributed by atoms with Crippen LogP contribution in [0.5, 0.6) is 0 Å². The molecule has 1 heterocycles. The molecule has 56 heavy (non-hydrogen) atoms. The van der Waals surface area contributed by atoms with Crippen LogP contribution in [0.2, 0.25) is 0 Å². The first-order valence-electron chi connectivity index (χ1n) is 19.2. The Morgan fingerprint density at radius 3 is 1.14 bits per heavy atom. The topological polar surface area (TPSA) is 8.17 Å². The molecule has 0 unspecified atom stereocenters. The molecule has 264 valence electrons. The molecule has 0 bridgehead atoms. The maximum atomic E-state index is 2.37. The number of anilines is 3. The van der Waals surface area contributed by atoms with Crippen LogP contribution in [0, 0.1) is 0 Å². The number of fused-ring (bicyclic) bond motifs is 3. The van der Waals surface area contributed by atoms with Crippen molar-refractivity contribution in [3.8, 4) is 50.2 Å². The van der Waals surface area contributed by atoms with Crippen molar-refractivity contribution in [1.82, 2.24) is 4.57 Å².